The lowest BCUT2D eigenvalue weighted by Gasteiger charge is -2.27. The van der Waals surface area contributed by atoms with Crippen molar-refractivity contribution in [2.45, 2.75) is 26.6 Å². The van der Waals surface area contributed by atoms with Crippen LogP contribution in [0.15, 0.2) is 42.7 Å². The molecule has 5 nitrogen and oxygen atoms in total. The highest BCUT2D eigenvalue weighted by atomic mass is 35.5. The van der Waals surface area contributed by atoms with E-state index in [0.29, 0.717) is 5.02 Å². The fourth-order valence-electron chi connectivity index (χ4n) is 3.05. The van der Waals surface area contributed by atoms with Gasteiger partial charge in [0.1, 0.15) is 5.69 Å². The molecule has 24 heavy (non-hydrogen) atoms. The van der Waals surface area contributed by atoms with Crippen LogP contribution in [-0.4, -0.2) is 31.2 Å². The highest BCUT2D eigenvalue weighted by molar-refractivity contribution is 6.30. The Kier molecular flexibility index (Phi) is 4.04. The summed E-state index contributed by atoms with van der Waals surface area (Å²) < 4.78 is 2.09. The molecule has 0 aromatic carbocycles. The first kappa shape index (κ1) is 15.3. The molecule has 0 N–H and O–H groups in total. The van der Waals surface area contributed by atoms with Crippen LogP contribution in [0, 0.1) is 6.92 Å². The zero-order valence-corrected chi connectivity index (χ0v) is 14.2. The first-order chi connectivity index (χ1) is 11.7. The molecule has 0 fully saturated rings. The number of hydrogen-bond donors (Lipinski definition) is 0. The summed E-state index contributed by atoms with van der Waals surface area (Å²) in [7, 11) is 0. The predicted molar refractivity (Wildman–Crippen MR) is 93.6 cm³/mol. The van der Waals surface area contributed by atoms with Gasteiger partial charge in [-0.25, -0.2) is 0 Å². The molecule has 0 spiro atoms. The molecular weight excluding hydrogens is 322 g/mol. The number of aryl methyl sites for hydroxylation is 1. The van der Waals surface area contributed by atoms with Gasteiger partial charge in [-0.2, -0.15) is 5.10 Å². The zero-order valence-electron chi connectivity index (χ0n) is 13.5. The van der Waals surface area contributed by atoms with E-state index < -0.39 is 0 Å². The summed E-state index contributed by atoms with van der Waals surface area (Å²) in [4.78, 5) is 11.2. The lowest BCUT2D eigenvalue weighted by molar-refractivity contribution is 0.203. The summed E-state index contributed by atoms with van der Waals surface area (Å²) >= 11 is 5.90. The Morgan fingerprint density at radius 2 is 2.08 bits per heavy atom. The first-order valence-electron chi connectivity index (χ1n) is 8.00. The summed E-state index contributed by atoms with van der Waals surface area (Å²) in [5.41, 5.74) is 5.32. The van der Waals surface area contributed by atoms with E-state index >= 15 is 0 Å². The van der Waals surface area contributed by atoms with Gasteiger partial charge >= 0.3 is 0 Å². The van der Waals surface area contributed by atoms with Crippen molar-refractivity contribution < 1.29 is 0 Å². The summed E-state index contributed by atoms with van der Waals surface area (Å²) in [6, 6.07) is 10.0. The van der Waals surface area contributed by atoms with E-state index in [1.807, 2.05) is 24.4 Å². The monoisotopic (exact) mass is 339 g/mol. The van der Waals surface area contributed by atoms with Gasteiger partial charge in [0.25, 0.3) is 0 Å². The number of pyridine rings is 2. The molecule has 3 aromatic heterocycles. The summed E-state index contributed by atoms with van der Waals surface area (Å²) in [6.07, 6.45) is 3.52. The van der Waals surface area contributed by atoms with E-state index in [4.69, 9.17) is 16.7 Å². The summed E-state index contributed by atoms with van der Waals surface area (Å²) in [5, 5.41) is 5.40. The molecule has 0 unspecified atom stereocenters. The molecule has 0 saturated carbocycles. The smallest absolute Gasteiger partial charge is 0.111 e. The molecular formula is C18H18ClN5. The van der Waals surface area contributed by atoms with Crippen LogP contribution in [0.3, 0.4) is 0 Å². The Morgan fingerprint density at radius 1 is 1.17 bits per heavy atom. The molecule has 0 atom stereocenters. The number of nitrogens with zero attached hydrogens (tertiary/aromatic N) is 5. The highest BCUT2D eigenvalue weighted by Crippen LogP contribution is 2.23. The zero-order chi connectivity index (χ0) is 16.5. The minimum atomic E-state index is 0.672. The van der Waals surface area contributed by atoms with Gasteiger partial charge < -0.3 is 0 Å². The van der Waals surface area contributed by atoms with Crippen molar-refractivity contribution in [2.75, 3.05) is 6.54 Å². The molecule has 0 aliphatic carbocycles. The van der Waals surface area contributed by atoms with Crippen molar-refractivity contribution in [2.24, 2.45) is 0 Å². The van der Waals surface area contributed by atoms with E-state index in [1.165, 1.54) is 5.69 Å². The number of aromatic nitrogens is 4. The number of halogens is 1. The van der Waals surface area contributed by atoms with Crippen molar-refractivity contribution in [1.82, 2.24) is 24.6 Å². The molecule has 4 heterocycles. The maximum absolute atomic E-state index is 5.90. The van der Waals surface area contributed by atoms with Crippen LogP contribution in [0.4, 0.5) is 0 Å². The van der Waals surface area contributed by atoms with Crippen molar-refractivity contribution in [3.63, 3.8) is 0 Å². The van der Waals surface area contributed by atoms with E-state index in [1.54, 1.807) is 6.20 Å². The lowest BCUT2D eigenvalue weighted by Crippen LogP contribution is -2.33. The van der Waals surface area contributed by atoms with Crippen molar-refractivity contribution in [3.05, 3.63) is 64.7 Å². The average molecular weight is 340 g/mol. The Labute approximate surface area is 145 Å². The summed E-state index contributed by atoms with van der Waals surface area (Å²) in [5.74, 6) is 0. The molecule has 122 valence electrons. The predicted octanol–water partition coefficient (Wildman–Crippen LogP) is 3.32. The number of fused-ring (bicyclic) bond motifs is 1. The topological polar surface area (TPSA) is 46.8 Å². The van der Waals surface area contributed by atoms with Gasteiger partial charge in [-0.15, -0.1) is 0 Å². The molecule has 0 bridgehead atoms. The lowest BCUT2D eigenvalue weighted by atomic mass is 10.1. The van der Waals surface area contributed by atoms with Crippen LogP contribution in [0.2, 0.25) is 5.02 Å². The molecule has 1 aliphatic heterocycles. The normalized spacial score (nSPS) is 14.6. The second-order valence-electron chi connectivity index (χ2n) is 6.09. The van der Waals surface area contributed by atoms with Gasteiger partial charge in [-0.3, -0.25) is 19.5 Å². The van der Waals surface area contributed by atoms with E-state index in [2.05, 4.69) is 38.6 Å². The van der Waals surface area contributed by atoms with Crippen molar-refractivity contribution >= 4 is 11.6 Å². The van der Waals surface area contributed by atoms with Crippen molar-refractivity contribution in [1.29, 1.82) is 0 Å². The second kappa shape index (κ2) is 6.34. The van der Waals surface area contributed by atoms with Crippen LogP contribution >= 0.6 is 11.6 Å². The van der Waals surface area contributed by atoms with Crippen LogP contribution in [0.1, 0.15) is 17.0 Å². The Hall–Kier alpha value is -2.24. The second-order valence-corrected chi connectivity index (χ2v) is 6.53. The van der Waals surface area contributed by atoms with E-state index in [0.717, 1.165) is 48.8 Å². The Balaban J connectivity index is 1.53. The molecule has 6 heteroatoms. The third-order valence-electron chi connectivity index (χ3n) is 4.30. The quantitative estimate of drug-likeness (QED) is 0.734. The number of hydrogen-bond acceptors (Lipinski definition) is 4. The first-order valence-corrected chi connectivity index (χ1v) is 8.38. The SMILES string of the molecule is Cc1cccnc1-c1cc2n(n1)CCN(Cc1ccc(Cl)cn1)C2. The molecule has 4 rings (SSSR count). The molecule has 0 amide bonds. The van der Waals surface area contributed by atoms with Crippen LogP contribution < -0.4 is 0 Å². The van der Waals surface area contributed by atoms with Crippen LogP contribution in [0.5, 0.6) is 0 Å². The van der Waals surface area contributed by atoms with Gasteiger partial charge in [-0.1, -0.05) is 17.7 Å². The number of rotatable bonds is 3. The Bertz CT molecular complexity index is 856. The Morgan fingerprint density at radius 3 is 2.88 bits per heavy atom. The van der Waals surface area contributed by atoms with Gasteiger partial charge in [0.2, 0.25) is 0 Å². The molecule has 3 aromatic rings. The van der Waals surface area contributed by atoms with Gasteiger partial charge in [-0.05, 0) is 36.8 Å². The third-order valence-corrected chi connectivity index (χ3v) is 4.53. The molecule has 0 radical (unpaired) electrons. The maximum atomic E-state index is 5.90. The van der Waals surface area contributed by atoms with Crippen LogP contribution in [0.25, 0.3) is 11.4 Å². The third kappa shape index (κ3) is 3.05. The van der Waals surface area contributed by atoms with E-state index in [9.17, 15) is 0 Å². The fraction of sp³-hybridized carbons (Fsp3) is 0.278. The summed E-state index contributed by atoms with van der Waals surface area (Å²) in [6.45, 7) is 5.59. The van der Waals surface area contributed by atoms with Gasteiger partial charge in [0.15, 0.2) is 0 Å². The molecule has 1 aliphatic rings. The standard InChI is InChI=1S/C18H18ClN5/c1-13-3-2-6-20-18(13)17-9-16-12-23(7-8-24(16)22-17)11-15-5-4-14(19)10-21-15/h2-6,9-10H,7-8,11-12H2,1H3. The minimum Gasteiger partial charge on any atom is -0.290 e. The van der Waals surface area contributed by atoms with E-state index in [-0.39, 0.29) is 0 Å². The van der Waals surface area contributed by atoms with Crippen LogP contribution in [-0.2, 0) is 19.6 Å². The van der Waals surface area contributed by atoms with Crippen molar-refractivity contribution in [3.8, 4) is 11.4 Å². The van der Waals surface area contributed by atoms with Gasteiger partial charge in [0.05, 0.1) is 28.6 Å². The maximum Gasteiger partial charge on any atom is 0.111 e. The molecule has 0 saturated heterocycles. The largest absolute Gasteiger partial charge is 0.290 e. The average Bonchev–Trinajstić information content (AvgIpc) is 3.00. The fourth-order valence-corrected chi connectivity index (χ4v) is 3.17. The minimum absolute atomic E-state index is 0.672. The highest BCUT2D eigenvalue weighted by Gasteiger charge is 2.20. The van der Waals surface area contributed by atoms with Gasteiger partial charge in [0, 0.05) is 32.0 Å².